The van der Waals surface area contributed by atoms with Gasteiger partial charge in [0.1, 0.15) is 0 Å². The lowest BCUT2D eigenvalue weighted by Gasteiger charge is -2.03. The summed E-state index contributed by atoms with van der Waals surface area (Å²) in [5, 5.41) is 4.97. The van der Waals surface area contributed by atoms with Crippen LogP contribution in [0.4, 0.5) is 0 Å². The molecule has 1 heterocycles. The Morgan fingerprint density at radius 3 is 2.94 bits per heavy atom. The smallest absolute Gasteiger partial charge is 0.0791 e. The molecule has 1 aliphatic carbocycles. The van der Waals surface area contributed by atoms with Crippen molar-refractivity contribution in [2.24, 2.45) is 4.99 Å². The van der Waals surface area contributed by atoms with E-state index in [0.717, 1.165) is 17.5 Å². The van der Waals surface area contributed by atoms with Crippen LogP contribution in [0.15, 0.2) is 65.3 Å². The summed E-state index contributed by atoms with van der Waals surface area (Å²) >= 11 is 0. The number of benzene rings is 2. The molecule has 0 N–H and O–H groups in total. The summed E-state index contributed by atoms with van der Waals surface area (Å²) < 4.78 is 0. The molecule has 0 bridgehead atoms. The minimum Gasteiger partial charge on any atom is -0.247 e. The van der Waals surface area contributed by atoms with Crippen LogP contribution in [-0.2, 0) is 0 Å². The normalized spacial score (nSPS) is 16.5. The Balaban J connectivity index is 2.25. The van der Waals surface area contributed by atoms with Crippen molar-refractivity contribution in [3.05, 3.63) is 70.9 Å². The molecule has 1 nitrogen and oxygen atoms in total. The van der Waals surface area contributed by atoms with Crippen LogP contribution in [0.25, 0.3) is 16.3 Å². The van der Waals surface area contributed by atoms with E-state index in [1.165, 1.54) is 21.6 Å². The van der Waals surface area contributed by atoms with Crippen molar-refractivity contribution >= 4 is 16.3 Å². The van der Waals surface area contributed by atoms with E-state index >= 15 is 0 Å². The van der Waals surface area contributed by atoms with E-state index in [2.05, 4.69) is 54.6 Å². The average Bonchev–Trinajstić information content (AvgIpc) is 2.78. The molecule has 0 saturated carbocycles. The average molecular weight is 217 g/mol. The van der Waals surface area contributed by atoms with Crippen LogP contribution in [0.1, 0.15) is 6.42 Å². The Bertz CT molecular complexity index is 807. The summed E-state index contributed by atoms with van der Waals surface area (Å²) in [4.78, 5) is 4.77. The van der Waals surface area contributed by atoms with Crippen molar-refractivity contribution in [1.29, 1.82) is 0 Å². The fourth-order valence-electron chi connectivity index (χ4n) is 2.64. The van der Waals surface area contributed by atoms with E-state index in [4.69, 9.17) is 4.99 Å². The van der Waals surface area contributed by atoms with Crippen LogP contribution in [0, 0.1) is 0 Å². The van der Waals surface area contributed by atoms with E-state index < -0.39 is 0 Å². The SMILES string of the molecule is C1=CCC2=c3ccc4ccccc4c3=NC2=C1. The molecule has 1 aliphatic heterocycles. The van der Waals surface area contributed by atoms with Crippen molar-refractivity contribution in [3.8, 4) is 0 Å². The van der Waals surface area contributed by atoms with Gasteiger partial charge in [0.2, 0.25) is 0 Å². The number of nitrogens with zero attached hydrogens (tertiary/aromatic N) is 1. The standard InChI is InChI=1S/C16H11N/c1-2-6-12-11(5-1)9-10-14-13-7-3-4-8-15(13)17-16(12)14/h1-6,8-10H,7H2. The van der Waals surface area contributed by atoms with Gasteiger partial charge in [-0.2, -0.15) is 0 Å². The zero-order chi connectivity index (χ0) is 11.2. The van der Waals surface area contributed by atoms with Crippen LogP contribution >= 0.6 is 0 Å². The van der Waals surface area contributed by atoms with Crippen molar-refractivity contribution < 1.29 is 0 Å². The van der Waals surface area contributed by atoms with Gasteiger partial charge in [0, 0.05) is 10.6 Å². The van der Waals surface area contributed by atoms with Gasteiger partial charge in [-0.3, -0.25) is 0 Å². The number of allylic oxidation sites excluding steroid dienone is 4. The quantitative estimate of drug-likeness (QED) is 0.643. The molecule has 0 fully saturated rings. The third kappa shape index (κ3) is 1.17. The molecule has 2 aliphatic rings. The van der Waals surface area contributed by atoms with Gasteiger partial charge in [0.15, 0.2) is 0 Å². The fourth-order valence-corrected chi connectivity index (χ4v) is 2.64. The Labute approximate surface area is 99.1 Å². The molecule has 2 aromatic rings. The Morgan fingerprint density at radius 1 is 1.00 bits per heavy atom. The first-order valence-corrected chi connectivity index (χ1v) is 5.90. The maximum atomic E-state index is 4.77. The third-order valence-electron chi connectivity index (χ3n) is 3.48. The maximum Gasteiger partial charge on any atom is 0.0791 e. The number of rotatable bonds is 0. The topological polar surface area (TPSA) is 12.4 Å². The van der Waals surface area contributed by atoms with Gasteiger partial charge in [0.25, 0.3) is 0 Å². The van der Waals surface area contributed by atoms with Crippen LogP contribution in [0.5, 0.6) is 0 Å². The molecule has 0 amide bonds. The van der Waals surface area contributed by atoms with Crippen molar-refractivity contribution in [3.63, 3.8) is 0 Å². The molecular weight excluding hydrogens is 206 g/mol. The van der Waals surface area contributed by atoms with Gasteiger partial charge >= 0.3 is 0 Å². The first-order chi connectivity index (χ1) is 8.43. The molecule has 0 atom stereocenters. The van der Waals surface area contributed by atoms with Crippen molar-refractivity contribution in [2.75, 3.05) is 0 Å². The van der Waals surface area contributed by atoms with E-state index in [1.807, 2.05) is 0 Å². The Kier molecular flexibility index (Phi) is 1.67. The summed E-state index contributed by atoms with van der Waals surface area (Å²) in [6.07, 6.45) is 7.39. The van der Waals surface area contributed by atoms with Crippen molar-refractivity contribution in [1.82, 2.24) is 0 Å². The van der Waals surface area contributed by atoms with Crippen LogP contribution < -0.4 is 10.6 Å². The first kappa shape index (κ1) is 8.94. The summed E-state index contributed by atoms with van der Waals surface area (Å²) in [6.45, 7) is 0. The van der Waals surface area contributed by atoms with Crippen LogP contribution in [-0.4, -0.2) is 0 Å². The summed E-state index contributed by atoms with van der Waals surface area (Å²) in [5.41, 5.74) is 2.51. The monoisotopic (exact) mass is 217 g/mol. The summed E-state index contributed by atoms with van der Waals surface area (Å²) in [7, 11) is 0. The second-order valence-corrected chi connectivity index (χ2v) is 4.46. The van der Waals surface area contributed by atoms with E-state index in [1.54, 1.807) is 0 Å². The number of hydrogen-bond donors (Lipinski definition) is 0. The van der Waals surface area contributed by atoms with E-state index in [-0.39, 0.29) is 0 Å². The highest BCUT2D eigenvalue weighted by Gasteiger charge is 2.14. The predicted octanol–water partition coefficient (Wildman–Crippen LogP) is 2.47. The second-order valence-electron chi connectivity index (χ2n) is 4.46. The Morgan fingerprint density at radius 2 is 1.94 bits per heavy atom. The number of fused-ring (bicyclic) bond motifs is 4. The molecule has 17 heavy (non-hydrogen) atoms. The fraction of sp³-hybridized carbons (Fsp3) is 0.0625. The highest BCUT2D eigenvalue weighted by atomic mass is 14.8. The molecule has 0 aromatic heterocycles. The van der Waals surface area contributed by atoms with Gasteiger partial charge in [-0.25, -0.2) is 4.99 Å². The molecule has 1 heteroatoms. The zero-order valence-corrected chi connectivity index (χ0v) is 9.35. The molecule has 0 radical (unpaired) electrons. The highest BCUT2D eigenvalue weighted by molar-refractivity contribution is 5.84. The molecule has 80 valence electrons. The van der Waals surface area contributed by atoms with Gasteiger partial charge in [0.05, 0.1) is 11.1 Å². The molecule has 0 saturated heterocycles. The lowest BCUT2D eigenvalue weighted by Crippen LogP contribution is -2.23. The van der Waals surface area contributed by atoms with Crippen LogP contribution in [0.3, 0.4) is 0 Å². The minimum atomic E-state index is 1.00. The summed E-state index contributed by atoms with van der Waals surface area (Å²) in [5.74, 6) is 0. The molecule has 0 spiro atoms. The lowest BCUT2D eigenvalue weighted by molar-refractivity contribution is 1.28. The van der Waals surface area contributed by atoms with E-state index in [9.17, 15) is 0 Å². The van der Waals surface area contributed by atoms with Gasteiger partial charge in [-0.05, 0) is 23.5 Å². The third-order valence-corrected chi connectivity index (χ3v) is 3.48. The molecule has 0 unspecified atom stereocenters. The molecule has 2 aromatic carbocycles. The maximum absolute atomic E-state index is 4.77. The minimum absolute atomic E-state index is 1.00. The first-order valence-electron chi connectivity index (χ1n) is 5.90. The van der Waals surface area contributed by atoms with Crippen LogP contribution in [0.2, 0.25) is 0 Å². The van der Waals surface area contributed by atoms with Gasteiger partial charge < -0.3 is 0 Å². The van der Waals surface area contributed by atoms with Gasteiger partial charge in [-0.15, -0.1) is 0 Å². The molecular formula is C16H11N. The summed E-state index contributed by atoms with van der Waals surface area (Å²) in [6, 6.07) is 12.9. The Hall–Kier alpha value is -2.15. The van der Waals surface area contributed by atoms with Gasteiger partial charge in [-0.1, -0.05) is 48.6 Å². The second kappa shape index (κ2) is 3.17. The largest absolute Gasteiger partial charge is 0.247 e. The lowest BCUT2D eigenvalue weighted by atomic mass is 10.0. The van der Waals surface area contributed by atoms with Crippen molar-refractivity contribution in [2.45, 2.75) is 6.42 Å². The predicted molar refractivity (Wildman–Crippen MR) is 70.0 cm³/mol. The van der Waals surface area contributed by atoms with E-state index in [0.29, 0.717) is 0 Å². The highest BCUT2D eigenvalue weighted by Crippen LogP contribution is 2.23. The number of hydrogen-bond acceptors (Lipinski definition) is 1. The molecule has 4 rings (SSSR count). The zero-order valence-electron chi connectivity index (χ0n) is 9.35.